The number of ketones is 1. The Balaban J connectivity index is 1.87. The summed E-state index contributed by atoms with van der Waals surface area (Å²) < 4.78 is 0. The molecule has 0 bridgehead atoms. The number of rotatable bonds is 6. The molecule has 3 aromatic carbocycles. The van der Waals surface area contributed by atoms with Crippen molar-refractivity contribution < 1.29 is 4.79 Å². The molecule has 3 aromatic rings. The standard InChI is InChI=1S/C21H15Cl3OS/c22-16-11-9-14(10-12-16)18(25)13-20(15-5-2-1-3-6-15)26-19-8-4-7-17(23)21(19)24/h1-12,20H,13H2/t20-/m1/s1. The van der Waals surface area contributed by atoms with Crippen molar-refractivity contribution in [3.8, 4) is 0 Å². The Labute approximate surface area is 172 Å². The third-order valence-corrected chi connectivity index (χ3v) is 6.39. The smallest absolute Gasteiger partial charge is 0.164 e. The SMILES string of the molecule is O=C(C[C@@H](Sc1cccc(Cl)c1Cl)c1ccccc1)c1ccc(Cl)cc1. The summed E-state index contributed by atoms with van der Waals surface area (Å²) >= 11 is 19.9. The van der Waals surface area contributed by atoms with Crippen LogP contribution in [0.3, 0.4) is 0 Å². The lowest BCUT2D eigenvalue weighted by Crippen LogP contribution is -2.05. The fraction of sp³-hybridized carbons (Fsp3) is 0.0952. The van der Waals surface area contributed by atoms with E-state index in [0.717, 1.165) is 10.5 Å². The maximum absolute atomic E-state index is 12.8. The topological polar surface area (TPSA) is 17.1 Å². The van der Waals surface area contributed by atoms with Crippen LogP contribution in [0.25, 0.3) is 0 Å². The van der Waals surface area contributed by atoms with E-state index in [4.69, 9.17) is 34.8 Å². The normalized spacial score (nSPS) is 12.0. The highest BCUT2D eigenvalue weighted by atomic mass is 35.5. The van der Waals surface area contributed by atoms with Crippen LogP contribution in [0.5, 0.6) is 0 Å². The molecule has 1 atom stereocenters. The number of hydrogen-bond acceptors (Lipinski definition) is 2. The summed E-state index contributed by atoms with van der Waals surface area (Å²) in [5, 5.41) is 1.56. The highest BCUT2D eigenvalue weighted by Gasteiger charge is 2.20. The minimum Gasteiger partial charge on any atom is -0.294 e. The molecular weight excluding hydrogens is 407 g/mol. The molecule has 0 amide bonds. The molecule has 1 nitrogen and oxygen atoms in total. The summed E-state index contributed by atoms with van der Waals surface area (Å²) in [6, 6.07) is 22.4. The van der Waals surface area contributed by atoms with Crippen LogP contribution in [0, 0.1) is 0 Å². The highest BCUT2D eigenvalue weighted by Crippen LogP contribution is 2.43. The van der Waals surface area contributed by atoms with Crippen LogP contribution in [0.2, 0.25) is 15.1 Å². The first-order valence-corrected chi connectivity index (χ1v) is 10.0. The van der Waals surface area contributed by atoms with E-state index in [1.54, 1.807) is 42.1 Å². The zero-order chi connectivity index (χ0) is 18.5. The van der Waals surface area contributed by atoms with Gasteiger partial charge in [-0.1, -0.05) is 71.2 Å². The number of benzene rings is 3. The number of halogens is 3. The van der Waals surface area contributed by atoms with E-state index in [1.807, 2.05) is 42.5 Å². The number of hydrogen-bond donors (Lipinski definition) is 0. The molecule has 3 rings (SSSR count). The number of carbonyl (C=O) groups excluding carboxylic acids is 1. The van der Waals surface area contributed by atoms with E-state index >= 15 is 0 Å². The van der Waals surface area contributed by atoms with Crippen LogP contribution in [-0.4, -0.2) is 5.78 Å². The van der Waals surface area contributed by atoms with Gasteiger partial charge in [-0.2, -0.15) is 0 Å². The highest BCUT2D eigenvalue weighted by molar-refractivity contribution is 7.99. The summed E-state index contributed by atoms with van der Waals surface area (Å²) in [6.45, 7) is 0. The van der Waals surface area contributed by atoms with Crippen molar-refractivity contribution >= 4 is 52.3 Å². The van der Waals surface area contributed by atoms with Crippen LogP contribution in [-0.2, 0) is 0 Å². The van der Waals surface area contributed by atoms with Crippen LogP contribution >= 0.6 is 46.6 Å². The van der Waals surface area contributed by atoms with Crippen LogP contribution in [0.1, 0.15) is 27.6 Å². The molecule has 0 N–H and O–H groups in total. The van der Waals surface area contributed by atoms with Crippen molar-refractivity contribution in [1.82, 2.24) is 0 Å². The van der Waals surface area contributed by atoms with Gasteiger partial charge in [0, 0.05) is 27.2 Å². The predicted octanol–water partition coefficient (Wildman–Crippen LogP) is 7.75. The largest absolute Gasteiger partial charge is 0.294 e. The van der Waals surface area contributed by atoms with Crippen molar-refractivity contribution in [3.63, 3.8) is 0 Å². The second kappa shape index (κ2) is 8.96. The van der Waals surface area contributed by atoms with Crippen LogP contribution in [0.15, 0.2) is 77.7 Å². The number of thioether (sulfide) groups is 1. The summed E-state index contributed by atoms with van der Waals surface area (Å²) in [7, 11) is 0. The quantitative estimate of drug-likeness (QED) is 0.299. The average molecular weight is 422 g/mol. The Kier molecular flexibility index (Phi) is 6.66. The first-order chi connectivity index (χ1) is 12.5. The van der Waals surface area contributed by atoms with Gasteiger partial charge in [0.25, 0.3) is 0 Å². The summed E-state index contributed by atoms with van der Waals surface area (Å²) in [5.41, 5.74) is 1.71. The molecule has 0 aliphatic carbocycles. The van der Waals surface area contributed by atoms with Gasteiger partial charge >= 0.3 is 0 Å². The zero-order valence-electron chi connectivity index (χ0n) is 13.7. The fourth-order valence-corrected chi connectivity index (χ4v) is 4.37. The molecule has 0 aliphatic heterocycles. The average Bonchev–Trinajstić information content (AvgIpc) is 2.66. The molecule has 0 saturated carbocycles. The predicted molar refractivity (Wildman–Crippen MR) is 112 cm³/mol. The summed E-state index contributed by atoms with van der Waals surface area (Å²) in [6.07, 6.45) is 0.346. The molecule has 0 aromatic heterocycles. The van der Waals surface area contributed by atoms with Gasteiger partial charge in [-0.15, -0.1) is 11.8 Å². The lowest BCUT2D eigenvalue weighted by molar-refractivity contribution is 0.0982. The van der Waals surface area contributed by atoms with Crippen molar-refractivity contribution in [2.45, 2.75) is 16.6 Å². The van der Waals surface area contributed by atoms with Crippen molar-refractivity contribution in [2.75, 3.05) is 0 Å². The minimum absolute atomic E-state index is 0.0566. The number of carbonyl (C=O) groups is 1. The Hall–Kier alpha value is -1.45. The molecule has 0 heterocycles. The molecule has 26 heavy (non-hydrogen) atoms. The van der Waals surface area contributed by atoms with Crippen molar-refractivity contribution in [3.05, 3.63) is 99.0 Å². The first-order valence-electron chi connectivity index (χ1n) is 7.99. The first kappa shape index (κ1) is 19.3. The van der Waals surface area contributed by atoms with Gasteiger partial charge in [0.1, 0.15) is 0 Å². The van der Waals surface area contributed by atoms with Gasteiger partial charge in [-0.25, -0.2) is 0 Å². The summed E-state index contributed by atoms with van der Waals surface area (Å²) in [4.78, 5) is 13.6. The minimum atomic E-state index is -0.0738. The second-order valence-electron chi connectivity index (χ2n) is 5.70. The Morgan fingerprint density at radius 2 is 1.54 bits per heavy atom. The van der Waals surface area contributed by atoms with Gasteiger partial charge in [0.15, 0.2) is 5.78 Å². The molecule has 0 spiro atoms. The van der Waals surface area contributed by atoms with Gasteiger partial charge in [0.2, 0.25) is 0 Å². The maximum Gasteiger partial charge on any atom is 0.164 e. The second-order valence-corrected chi connectivity index (χ2v) is 8.17. The van der Waals surface area contributed by atoms with Gasteiger partial charge in [-0.3, -0.25) is 4.79 Å². The fourth-order valence-electron chi connectivity index (χ4n) is 2.55. The lowest BCUT2D eigenvalue weighted by Gasteiger charge is -2.18. The Morgan fingerprint density at radius 3 is 2.23 bits per heavy atom. The molecular formula is C21H15Cl3OS. The van der Waals surface area contributed by atoms with Crippen LogP contribution < -0.4 is 0 Å². The maximum atomic E-state index is 12.8. The molecule has 132 valence electrons. The Bertz CT molecular complexity index is 895. The monoisotopic (exact) mass is 420 g/mol. The molecule has 0 saturated heterocycles. The van der Waals surface area contributed by atoms with Gasteiger partial charge in [-0.05, 0) is 42.0 Å². The molecule has 0 aliphatic rings. The third kappa shape index (κ3) is 4.83. The third-order valence-electron chi connectivity index (χ3n) is 3.89. The van der Waals surface area contributed by atoms with E-state index in [0.29, 0.717) is 27.1 Å². The van der Waals surface area contributed by atoms with Gasteiger partial charge in [0.05, 0.1) is 10.0 Å². The lowest BCUT2D eigenvalue weighted by atomic mass is 10.0. The van der Waals surface area contributed by atoms with E-state index in [-0.39, 0.29) is 11.0 Å². The molecule has 0 radical (unpaired) electrons. The molecule has 5 heteroatoms. The molecule has 0 unspecified atom stereocenters. The summed E-state index contributed by atoms with van der Waals surface area (Å²) in [5.74, 6) is 0.0566. The van der Waals surface area contributed by atoms with E-state index in [1.165, 1.54) is 0 Å². The van der Waals surface area contributed by atoms with E-state index in [2.05, 4.69) is 0 Å². The van der Waals surface area contributed by atoms with Gasteiger partial charge < -0.3 is 0 Å². The zero-order valence-corrected chi connectivity index (χ0v) is 16.7. The number of Topliss-reactive ketones (excluding diaryl/α,β-unsaturated/α-hetero) is 1. The van der Waals surface area contributed by atoms with E-state index in [9.17, 15) is 4.79 Å². The van der Waals surface area contributed by atoms with Crippen LogP contribution in [0.4, 0.5) is 0 Å². The van der Waals surface area contributed by atoms with E-state index < -0.39 is 0 Å². The molecule has 0 fully saturated rings. The Morgan fingerprint density at radius 1 is 0.846 bits per heavy atom. The van der Waals surface area contributed by atoms with Crippen molar-refractivity contribution in [1.29, 1.82) is 0 Å². The van der Waals surface area contributed by atoms with Crippen molar-refractivity contribution in [2.24, 2.45) is 0 Å².